The number of hydrogen-bond acceptors (Lipinski definition) is 3. The number of rotatable bonds is 13. The Morgan fingerprint density at radius 1 is 0.815 bits per heavy atom. The van der Waals surface area contributed by atoms with Crippen LogP contribution in [0.1, 0.15) is 92.9 Å². The van der Waals surface area contributed by atoms with Crippen LogP contribution in [0.2, 0.25) is 0 Å². The van der Waals surface area contributed by atoms with E-state index in [0.29, 0.717) is 5.91 Å². The Morgan fingerprint density at radius 2 is 1.30 bits per heavy atom. The molecule has 0 radical (unpaired) electrons. The minimum Gasteiger partial charge on any atom is -0.340 e. The van der Waals surface area contributed by atoms with Gasteiger partial charge in [-0.15, -0.1) is 0 Å². The summed E-state index contributed by atoms with van der Waals surface area (Å²) in [5.74, 6) is 0.391. The van der Waals surface area contributed by atoms with Crippen LogP contribution in [0.15, 0.2) is 0 Å². The van der Waals surface area contributed by atoms with E-state index < -0.39 is 0 Å². The Kier molecular flexibility index (Phi) is 10.9. The lowest BCUT2D eigenvalue weighted by Gasteiger charge is -2.40. The highest BCUT2D eigenvalue weighted by molar-refractivity contribution is 5.82. The summed E-state index contributed by atoms with van der Waals surface area (Å²) in [4.78, 5) is 17.7. The van der Waals surface area contributed by atoms with Crippen LogP contribution in [0.5, 0.6) is 0 Å². The predicted octanol–water partition coefficient (Wildman–Crippen LogP) is 4.69. The van der Waals surface area contributed by atoms with Gasteiger partial charge in [-0.2, -0.15) is 0 Å². The number of nitrogens with one attached hydrogen (secondary N) is 1. The van der Waals surface area contributed by atoms with Gasteiger partial charge < -0.3 is 10.2 Å². The molecule has 27 heavy (non-hydrogen) atoms. The summed E-state index contributed by atoms with van der Waals surface area (Å²) in [7, 11) is 0. The van der Waals surface area contributed by atoms with Crippen molar-refractivity contribution in [1.29, 1.82) is 0 Å². The van der Waals surface area contributed by atoms with Gasteiger partial charge in [0.05, 0.1) is 0 Å². The van der Waals surface area contributed by atoms with E-state index in [-0.39, 0.29) is 11.0 Å². The largest absolute Gasteiger partial charge is 0.340 e. The summed E-state index contributed by atoms with van der Waals surface area (Å²) in [6.07, 6.45) is 9.16. The molecule has 4 nitrogen and oxygen atoms in total. The third kappa shape index (κ3) is 7.73. The zero-order chi connectivity index (χ0) is 20.3. The van der Waals surface area contributed by atoms with E-state index in [2.05, 4.69) is 56.7 Å². The van der Waals surface area contributed by atoms with Crippen LogP contribution in [0, 0.1) is 5.41 Å². The molecule has 1 rings (SSSR count). The molecule has 0 bridgehead atoms. The van der Waals surface area contributed by atoms with Gasteiger partial charge in [-0.3, -0.25) is 9.69 Å². The van der Waals surface area contributed by atoms with Crippen molar-refractivity contribution in [3.05, 3.63) is 0 Å². The van der Waals surface area contributed by atoms with Crippen molar-refractivity contribution in [2.45, 2.75) is 98.4 Å². The Balaban J connectivity index is 2.44. The lowest BCUT2D eigenvalue weighted by molar-refractivity contribution is -0.144. The molecule has 0 atom stereocenters. The van der Waals surface area contributed by atoms with Crippen LogP contribution in [0.25, 0.3) is 0 Å². The Labute approximate surface area is 169 Å². The molecule has 0 unspecified atom stereocenters. The highest BCUT2D eigenvalue weighted by Gasteiger charge is 2.36. The summed E-state index contributed by atoms with van der Waals surface area (Å²) in [6, 6.07) is 0. The van der Waals surface area contributed by atoms with Crippen LogP contribution < -0.4 is 5.32 Å². The molecule has 0 saturated carbocycles. The van der Waals surface area contributed by atoms with Gasteiger partial charge in [-0.25, -0.2) is 0 Å². The number of amides is 1. The molecule has 0 aromatic heterocycles. The van der Waals surface area contributed by atoms with Gasteiger partial charge in [0.1, 0.15) is 0 Å². The minimum atomic E-state index is -0.157. The van der Waals surface area contributed by atoms with Gasteiger partial charge in [-0.1, -0.05) is 60.3 Å². The first-order chi connectivity index (χ1) is 12.8. The normalized spacial score (nSPS) is 16.7. The number of piperazine rings is 1. The van der Waals surface area contributed by atoms with Crippen LogP contribution in [-0.2, 0) is 4.79 Å². The zero-order valence-electron chi connectivity index (χ0n) is 19.2. The summed E-state index contributed by atoms with van der Waals surface area (Å²) >= 11 is 0. The van der Waals surface area contributed by atoms with Crippen molar-refractivity contribution >= 4 is 5.91 Å². The molecule has 1 amide bonds. The average molecular weight is 382 g/mol. The van der Waals surface area contributed by atoms with E-state index in [1.807, 2.05) is 0 Å². The maximum Gasteiger partial charge on any atom is 0.228 e. The molecule has 1 aliphatic heterocycles. The molecule has 160 valence electrons. The van der Waals surface area contributed by atoms with E-state index in [9.17, 15) is 4.79 Å². The Morgan fingerprint density at radius 3 is 1.74 bits per heavy atom. The topological polar surface area (TPSA) is 35.6 Å². The second kappa shape index (κ2) is 12.1. The second-order valence-electron chi connectivity index (χ2n) is 9.18. The molecule has 0 spiro atoms. The van der Waals surface area contributed by atoms with Gasteiger partial charge in [0.2, 0.25) is 5.91 Å². The van der Waals surface area contributed by atoms with Crippen LogP contribution in [-0.4, -0.2) is 60.5 Å². The highest BCUT2D eigenvalue weighted by Crippen LogP contribution is 2.32. The lowest BCUT2D eigenvalue weighted by atomic mass is 9.80. The van der Waals surface area contributed by atoms with Gasteiger partial charge in [-0.05, 0) is 32.6 Å². The molecule has 0 aliphatic carbocycles. The average Bonchev–Trinajstić information content (AvgIpc) is 2.62. The molecule has 1 N–H and O–H groups in total. The van der Waals surface area contributed by atoms with E-state index in [1.165, 1.54) is 25.7 Å². The summed E-state index contributed by atoms with van der Waals surface area (Å²) in [5.41, 5.74) is 0.124. The number of nitrogens with zero attached hydrogens (tertiary/aromatic N) is 2. The highest BCUT2D eigenvalue weighted by atomic mass is 16.2. The molecule has 1 saturated heterocycles. The molecule has 1 heterocycles. The molecule has 4 heteroatoms. The maximum atomic E-state index is 13.1. The number of carbonyl (C=O) groups excluding carboxylic acids is 1. The molecule has 0 aromatic rings. The van der Waals surface area contributed by atoms with Gasteiger partial charge in [0.25, 0.3) is 0 Å². The first-order valence-corrected chi connectivity index (χ1v) is 11.6. The molecule has 0 aromatic carbocycles. The summed E-state index contributed by atoms with van der Waals surface area (Å²) < 4.78 is 0. The van der Waals surface area contributed by atoms with Crippen molar-refractivity contribution < 1.29 is 4.79 Å². The monoisotopic (exact) mass is 381 g/mol. The van der Waals surface area contributed by atoms with Gasteiger partial charge in [0.15, 0.2) is 0 Å². The predicted molar refractivity (Wildman–Crippen MR) is 117 cm³/mol. The zero-order valence-corrected chi connectivity index (χ0v) is 19.2. The van der Waals surface area contributed by atoms with E-state index >= 15 is 0 Å². The SMILES string of the molecule is CCCC(C)(CCC)NCCN1CCN(C(=O)C(C)(CCC)CCC)CC1. The van der Waals surface area contributed by atoms with E-state index in [4.69, 9.17) is 0 Å². The van der Waals surface area contributed by atoms with Gasteiger partial charge >= 0.3 is 0 Å². The molecule has 1 aliphatic rings. The van der Waals surface area contributed by atoms with Crippen molar-refractivity contribution in [2.75, 3.05) is 39.3 Å². The lowest BCUT2D eigenvalue weighted by Crippen LogP contribution is -2.54. The fourth-order valence-electron chi connectivity index (χ4n) is 4.92. The van der Waals surface area contributed by atoms with Crippen molar-refractivity contribution in [3.8, 4) is 0 Å². The minimum absolute atomic E-state index is 0.157. The summed E-state index contributed by atoms with van der Waals surface area (Å²) in [5, 5.41) is 3.81. The standard InChI is InChI=1S/C23H47N3O/c1-7-11-22(5,12-8-2)21(27)26-19-17-25(18-20-26)16-15-24-23(6,13-9-3)14-10-4/h24H,7-20H2,1-6H3. The molecular weight excluding hydrogens is 334 g/mol. The van der Waals surface area contributed by atoms with Crippen molar-refractivity contribution in [3.63, 3.8) is 0 Å². The smallest absolute Gasteiger partial charge is 0.228 e. The molecule has 1 fully saturated rings. The van der Waals surface area contributed by atoms with Crippen molar-refractivity contribution in [1.82, 2.24) is 15.1 Å². The number of hydrogen-bond donors (Lipinski definition) is 1. The van der Waals surface area contributed by atoms with E-state index in [1.54, 1.807) is 0 Å². The van der Waals surface area contributed by atoms with Crippen LogP contribution in [0.4, 0.5) is 0 Å². The number of carbonyl (C=O) groups is 1. The third-order valence-electron chi connectivity index (χ3n) is 6.36. The van der Waals surface area contributed by atoms with Gasteiger partial charge in [0, 0.05) is 50.2 Å². The fraction of sp³-hybridized carbons (Fsp3) is 0.957. The van der Waals surface area contributed by atoms with Crippen LogP contribution >= 0.6 is 0 Å². The van der Waals surface area contributed by atoms with Crippen LogP contribution in [0.3, 0.4) is 0 Å². The van der Waals surface area contributed by atoms with Crippen molar-refractivity contribution in [2.24, 2.45) is 5.41 Å². The summed E-state index contributed by atoms with van der Waals surface area (Å²) in [6.45, 7) is 19.4. The maximum absolute atomic E-state index is 13.1. The third-order valence-corrected chi connectivity index (χ3v) is 6.36. The Bertz CT molecular complexity index is 404. The first kappa shape index (κ1) is 24.4. The molecular formula is C23H47N3O. The van der Waals surface area contributed by atoms with E-state index in [0.717, 1.165) is 65.0 Å². The quantitative estimate of drug-likeness (QED) is 0.503. The first-order valence-electron chi connectivity index (χ1n) is 11.6. The Hall–Kier alpha value is -0.610. The second-order valence-corrected chi connectivity index (χ2v) is 9.18. The fourth-order valence-corrected chi connectivity index (χ4v) is 4.92.